The van der Waals surface area contributed by atoms with E-state index in [-0.39, 0.29) is 18.1 Å². The summed E-state index contributed by atoms with van der Waals surface area (Å²) in [4.78, 5) is 28.7. The van der Waals surface area contributed by atoms with Crippen LogP contribution in [0.1, 0.15) is 17.5 Å². The summed E-state index contributed by atoms with van der Waals surface area (Å²) >= 11 is 0. The van der Waals surface area contributed by atoms with Gasteiger partial charge in [0.1, 0.15) is 0 Å². The minimum atomic E-state index is -4.34. The fourth-order valence-corrected chi connectivity index (χ4v) is 3.64. The largest absolute Gasteiger partial charge is 0.416 e. The van der Waals surface area contributed by atoms with Crippen LogP contribution in [0.5, 0.6) is 0 Å². The molecular formula is C22H25F3N4O3. The summed E-state index contributed by atoms with van der Waals surface area (Å²) in [5, 5.41) is 10.8. The number of likely N-dealkylation sites (N-methyl/N-ethyl adjacent to an activating group) is 1. The monoisotopic (exact) mass is 450 g/mol. The third kappa shape index (κ3) is 6.27. The number of nitro groups is 1. The molecular weight excluding hydrogens is 425 g/mol. The van der Waals surface area contributed by atoms with E-state index in [0.29, 0.717) is 25.3 Å². The zero-order valence-corrected chi connectivity index (χ0v) is 17.7. The number of amides is 1. The highest BCUT2D eigenvalue weighted by Gasteiger charge is 2.30. The summed E-state index contributed by atoms with van der Waals surface area (Å²) in [6, 6.07) is 11.0. The molecule has 0 radical (unpaired) electrons. The number of nitrogens with zero attached hydrogens (tertiary/aromatic N) is 4. The third-order valence-electron chi connectivity index (χ3n) is 5.55. The number of carbonyl (C=O) groups is 1. The average molecular weight is 450 g/mol. The molecule has 0 N–H and O–H groups in total. The number of nitro benzene ring substituents is 1. The summed E-state index contributed by atoms with van der Waals surface area (Å²) in [6.45, 7) is 3.69. The van der Waals surface area contributed by atoms with E-state index in [4.69, 9.17) is 0 Å². The summed E-state index contributed by atoms with van der Waals surface area (Å²) in [7, 11) is 1.64. The predicted molar refractivity (Wildman–Crippen MR) is 114 cm³/mol. The van der Waals surface area contributed by atoms with Crippen molar-refractivity contribution in [2.24, 2.45) is 0 Å². The van der Waals surface area contributed by atoms with E-state index in [1.165, 1.54) is 29.2 Å². The van der Waals surface area contributed by atoms with Gasteiger partial charge < -0.3 is 4.90 Å². The van der Waals surface area contributed by atoms with Gasteiger partial charge >= 0.3 is 6.18 Å². The first kappa shape index (κ1) is 23.7. The molecule has 2 aromatic rings. The number of hydrogen-bond donors (Lipinski definition) is 0. The quantitative estimate of drug-likeness (QED) is 0.495. The molecule has 0 unspecified atom stereocenters. The Morgan fingerprint density at radius 3 is 2.19 bits per heavy atom. The molecule has 0 atom stereocenters. The van der Waals surface area contributed by atoms with E-state index in [1.807, 2.05) is 0 Å². The van der Waals surface area contributed by atoms with Crippen molar-refractivity contribution in [2.45, 2.75) is 19.1 Å². The Bertz CT molecular complexity index is 933. The van der Waals surface area contributed by atoms with Gasteiger partial charge in [-0.15, -0.1) is 0 Å². The van der Waals surface area contributed by atoms with Crippen LogP contribution in [0.3, 0.4) is 0 Å². The number of benzene rings is 2. The molecule has 1 heterocycles. The van der Waals surface area contributed by atoms with Crippen LogP contribution in [-0.4, -0.2) is 60.4 Å². The van der Waals surface area contributed by atoms with Crippen LogP contribution in [0, 0.1) is 10.1 Å². The van der Waals surface area contributed by atoms with Crippen LogP contribution >= 0.6 is 0 Å². The van der Waals surface area contributed by atoms with Crippen LogP contribution in [0.15, 0.2) is 48.5 Å². The smallest absolute Gasteiger partial charge is 0.314 e. The number of alkyl halides is 3. The van der Waals surface area contributed by atoms with Gasteiger partial charge in [-0.1, -0.05) is 12.1 Å². The van der Waals surface area contributed by atoms with Gasteiger partial charge in [0.25, 0.3) is 5.69 Å². The Hall–Kier alpha value is -2.98. The van der Waals surface area contributed by atoms with Crippen LogP contribution in [0.25, 0.3) is 0 Å². The summed E-state index contributed by atoms with van der Waals surface area (Å²) in [5.41, 5.74) is 0.717. The van der Waals surface area contributed by atoms with E-state index >= 15 is 0 Å². The zero-order valence-electron chi connectivity index (χ0n) is 17.7. The first-order chi connectivity index (χ1) is 15.1. The number of carbonyl (C=O) groups excluding carboxylic acids is 1. The van der Waals surface area contributed by atoms with Crippen molar-refractivity contribution in [3.63, 3.8) is 0 Å². The van der Waals surface area contributed by atoms with Gasteiger partial charge in [-0.05, 0) is 49.3 Å². The Kier molecular flexibility index (Phi) is 7.47. The first-order valence-corrected chi connectivity index (χ1v) is 10.3. The van der Waals surface area contributed by atoms with Crippen LogP contribution in [0.4, 0.5) is 24.5 Å². The van der Waals surface area contributed by atoms with Crippen molar-refractivity contribution in [1.82, 2.24) is 9.80 Å². The lowest BCUT2D eigenvalue weighted by Crippen LogP contribution is -2.40. The lowest BCUT2D eigenvalue weighted by atomic mass is 10.1. The number of halogens is 3. The lowest BCUT2D eigenvalue weighted by molar-refractivity contribution is -0.384. The standard InChI is InChI=1S/C22H25F3N4O3/c1-26(19-7-9-20(10-8-19)29(31)32)21(30)16-28-12-2-11-27(13-14-28)15-17-3-5-18(6-4-17)22(23,24)25/h3-10H,2,11-16H2,1H3. The molecule has 0 saturated carbocycles. The van der Waals surface area contributed by atoms with Crippen molar-refractivity contribution in [1.29, 1.82) is 0 Å². The number of anilines is 1. The second kappa shape index (κ2) is 10.1. The molecule has 1 aliphatic heterocycles. The predicted octanol–water partition coefficient (Wildman–Crippen LogP) is 3.78. The molecule has 1 amide bonds. The molecule has 0 bridgehead atoms. The van der Waals surface area contributed by atoms with Crippen LogP contribution < -0.4 is 4.90 Å². The molecule has 172 valence electrons. The highest BCUT2D eigenvalue weighted by molar-refractivity contribution is 5.94. The topological polar surface area (TPSA) is 69.9 Å². The number of hydrogen-bond acceptors (Lipinski definition) is 5. The van der Waals surface area contributed by atoms with Gasteiger partial charge in [-0.3, -0.25) is 24.7 Å². The maximum Gasteiger partial charge on any atom is 0.416 e. The molecule has 10 heteroatoms. The highest BCUT2D eigenvalue weighted by atomic mass is 19.4. The molecule has 0 aromatic heterocycles. The first-order valence-electron chi connectivity index (χ1n) is 10.3. The summed E-state index contributed by atoms with van der Waals surface area (Å²) < 4.78 is 38.2. The maximum atomic E-state index is 12.7. The van der Waals surface area contributed by atoms with Crippen molar-refractivity contribution in [3.8, 4) is 0 Å². The minimum Gasteiger partial charge on any atom is -0.314 e. The Morgan fingerprint density at radius 2 is 1.59 bits per heavy atom. The second-order valence-corrected chi connectivity index (χ2v) is 7.83. The Morgan fingerprint density at radius 1 is 1.00 bits per heavy atom. The van der Waals surface area contributed by atoms with E-state index in [1.54, 1.807) is 19.2 Å². The fraction of sp³-hybridized carbons (Fsp3) is 0.409. The normalized spacial score (nSPS) is 15.9. The lowest BCUT2D eigenvalue weighted by Gasteiger charge is -2.24. The van der Waals surface area contributed by atoms with Gasteiger partial charge in [0.2, 0.25) is 5.91 Å². The number of non-ortho nitro benzene ring substituents is 1. The molecule has 0 spiro atoms. The van der Waals surface area contributed by atoms with E-state index in [0.717, 1.165) is 37.2 Å². The highest BCUT2D eigenvalue weighted by Crippen LogP contribution is 2.29. The van der Waals surface area contributed by atoms with Gasteiger partial charge in [0, 0.05) is 44.5 Å². The maximum absolute atomic E-state index is 12.7. The summed E-state index contributed by atoms with van der Waals surface area (Å²) in [5.74, 6) is -0.116. The third-order valence-corrected chi connectivity index (χ3v) is 5.55. The van der Waals surface area contributed by atoms with E-state index < -0.39 is 16.7 Å². The SMILES string of the molecule is CN(C(=O)CN1CCCN(Cc2ccc(C(F)(F)F)cc2)CC1)c1ccc([N+](=O)[O-])cc1. The van der Waals surface area contributed by atoms with Crippen molar-refractivity contribution in [3.05, 3.63) is 69.8 Å². The Labute approximate surface area is 184 Å². The average Bonchev–Trinajstić information content (AvgIpc) is 2.98. The van der Waals surface area contributed by atoms with Crippen LogP contribution in [-0.2, 0) is 17.5 Å². The molecule has 0 aliphatic carbocycles. The zero-order chi connectivity index (χ0) is 23.3. The van der Waals surface area contributed by atoms with Crippen molar-refractivity contribution >= 4 is 17.3 Å². The molecule has 2 aromatic carbocycles. The minimum absolute atomic E-state index is 0.0322. The molecule has 7 nitrogen and oxygen atoms in total. The Balaban J connectivity index is 1.51. The van der Waals surface area contributed by atoms with Crippen molar-refractivity contribution in [2.75, 3.05) is 44.7 Å². The van der Waals surface area contributed by atoms with Gasteiger partial charge in [0.15, 0.2) is 0 Å². The molecule has 1 aliphatic rings. The van der Waals surface area contributed by atoms with Crippen LogP contribution in [0.2, 0.25) is 0 Å². The second-order valence-electron chi connectivity index (χ2n) is 7.83. The van der Waals surface area contributed by atoms with E-state index in [2.05, 4.69) is 9.80 Å². The molecule has 3 rings (SSSR count). The van der Waals surface area contributed by atoms with Gasteiger partial charge in [-0.2, -0.15) is 13.2 Å². The summed E-state index contributed by atoms with van der Waals surface area (Å²) in [6.07, 6.45) is -3.50. The van der Waals surface area contributed by atoms with E-state index in [9.17, 15) is 28.1 Å². The van der Waals surface area contributed by atoms with Crippen molar-refractivity contribution < 1.29 is 22.9 Å². The molecule has 1 saturated heterocycles. The number of rotatable bonds is 6. The molecule has 1 fully saturated rings. The van der Waals surface area contributed by atoms with Gasteiger partial charge in [0.05, 0.1) is 17.0 Å². The van der Waals surface area contributed by atoms with Gasteiger partial charge in [-0.25, -0.2) is 0 Å². The fourth-order valence-electron chi connectivity index (χ4n) is 3.64. The molecule has 32 heavy (non-hydrogen) atoms.